The van der Waals surface area contributed by atoms with Gasteiger partial charge in [0.1, 0.15) is 12.2 Å². The molecule has 102 valence electrons. The largest absolute Gasteiger partial charge is 0.327 e. The maximum atomic E-state index is 6.29. The van der Waals surface area contributed by atoms with Crippen molar-refractivity contribution >= 4 is 0 Å². The molecule has 2 rings (SSSR count). The van der Waals surface area contributed by atoms with Crippen LogP contribution >= 0.6 is 0 Å². The van der Waals surface area contributed by atoms with Crippen LogP contribution in [0.1, 0.15) is 45.9 Å². The molecule has 1 fully saturated rings. The minimum absolute atomic E-state index is 0.335. The Balaban J connectivity index is 2.02. The number of aryl methyl sites for hydroxylation is 1. The van der Waals surface area contributed by atoms with Crippen LogP contribution in [0.4, 0.5) is 0 Å². The van der Waals surface area contributed by atoms with Crippen LogP contribution in [-0.4, -0.2) is 20.8 Å². The minimum atomic E-state index is 0.335. The molecular weight excluding hydrogens is 224 g/mol. The van der Waals surface area contributed by atoms with Gasteiger partial charge in [-0.2, -0.15) is 5.10 Å². The van der Waals surface area contributed by atoms with Gasteiger partial charge in [-0.3, -0.25) is 4.68 Å². The SMILES string of the molecule is CCn1ncnc1CC1CC(C(C)C)CCC1N. The molecule has 0 spiro atoms. The minimum Gasteiger partial charge on any atom is -0.327 e. The highest BCUT2D eigenvalue weighted by Crippen LogP contribution is 2.34. The Kier molecular flexibility index (Phi) is 4.38. The second-order valence-corrected chi connectivity index (χ2v) is 5.94. The molecule has 18 heavy (non-hydrogen) atoms. The number of nitrogens with zero attached hydrogens (tertiary/aromatic N) is 3. The predicted octanol–water partition coefficient (Wildman–Crippen LogP) is 2.24. The van der Waals surface area contributed by atoms with E-state index in [2.05, 4.69) is 30.9 Å². The van der Waals surface area contributed by atoms with Crippen LogP contribution in [0.3, 0.4) is 0 Å². The summed E-state index contributed by atoms with van der Waals surface area (Å²) in [6.45, 7) is 7.65. The van der Waals surface area contributed by atoms with Gasteiger partial charge < -0.3 is 5.73 Å². The number of hydrogen-bond donors (Lipinski definition) is 1. The standard InChI is InChI=1S/C14H26N4/c1-4-18-14(16-9-17-18)8-12-7-11(10(2)3)5-6-13(12)15/h9-13H,4-8,15H2,1-3H3. The Hall–Kier alpha value is -0.900. The first kappa shape index (κ1) is 13.5. The Bertz CT molecular complexity index is 372. The first-order valence-corrected chi connectivity index (χ1v) is 7.24. The fourth-order valence-corrected chi connectivity index (χ4v) is 3.11. The quantitative estimate of drug-likeness (QED) is 0.891. The van der Waals surface area contributed by atoms with Crippen molar-refractivity contribution in [2.45, 2.75) is 59.0 Å². The molecule has 4 heteroatoms. The third-order valence-electron chi connectivity index (χ3n) is 4.46. The zero-order valence-corrected chi connectivity index (χ0v) is 11.8. The molecule has 3 unspecified atom stereocenters. The predicted molar refractivity (Wildman–Crippen MR) is 73.0 cm³/mol. The van der Waals surface area contributed by atoms with Crippen molar-refractivity contribution in [3.8, 4) is 0 Å². The van der Waals surface area contributed by atoms with Gasteiger partial charge in [0.15, 0.2) is 0 Å². The van der Waals surface area contributed by atoms with Crippen LogP contribution in [0.5, 0.6) is 0 Å². The maximum Gasteiger partial charge on any atom is 0.138 e. The normalized spacial score (nSPS) is 28.8. The molecule has 2 N–H and O–H groups in total. The first-order valence-electron chi connectivity index (χ1n) is 7.24. The van der Waals surface area contributed by atoms with Crippen molar-refractivity contribution < 1.29 is 0 Å². The smallest absolute Gasteiger partial charge is 0.138 e. The molecule has 0 aliphatic heterocycles. The molecule has 4 nitrogen and oxygen atoms in total. The molecular formula is C14H26N4. The maximum absolute atomic E-state index is 6.29. The number of aromatic nitrogens is 3. The van der Waals surface area contributed by atoms with Crippen LogP contribution in [0.15, 0.2) is 6.33 Å². The highest BCUT2D eigenvalue weighted by atomic mass is 15.3. The van der Waals surface area contributed by atoms with E-state index in [0.29, 0.717) is 12.0 Å². The molecule has 1 saturated carbocycles. The molecule has 1 aromatic rings. The second kappa shape index (κ2) is 5.83. The lowest BCUT2D eigenvalue weighted by atomic mass is 9.73. The molecule has 0 saturated heterocycles. The van der Waals surface area contributed by atoms with Crippen LogP contribution in [0.2, 0.25) is 0 Å². The summed E-state index contributed by atoms with van der Waals surface area (Å²) >= 11 is 0. The van der Waals surface area contributed by atoms with Gasteiger partial charge in [-0.25, -0.2) is 4.98 Å². The monoisotopic (exact) mass is 250 g/mol. The molecule has 3 atom stereocenters. The van der Waals surface area contributed by atoms with Crippen molar-refractivity contribution in [1.29, 1.82) is 0 Å². The Morgan fingerprint density at radius 3 is 2.89 bits per heavy atom. The summed E-state index contributed by atoms with van der Waals surface area (Å²) in [5, 5.41) is 4.24. The summed E-state index contributed by atoms with van der Waals surface area (Å²) in [6.07, 6.45) is 6.34. The highest BCUT2D eigenvalue weighted by molar-refractivity contribution is 4.93. The molecule has 0 amide bonds. The van der Waals surface area contributed by atoms with E-state index >= 15 is 0 Å². The lowest BCUT2D eigenvalue weighted by Crippen LogP contribution is -2.39. The lowest BCUT2D eigenvalue weighted by Gasteiger charge is -2.35. The highest BCUT2D eigenvalue weighted by Gasteiger charge is 2.30. The van der Waals surface area contributed by atoms with Crippen molar-refractivity contribution in [2.24, 2.45) is 23.5 Å². The fraction of sp³-hybridized carbons (Fsp3) is 0.857. The van der Waals surface area contributed by atoms with E-state index in [1.54, 1.807) is 6.33 Å². The molecule has 1 aliphatic rings. The van der Waals surface area contributed by atoms with E-state index < -0.39 is 0 Å². The van der Waals surface area contributed by atoms with Crippen LogP contribution in [0, 0.1) is 17.8 Å². The van der Waals surface area contributed by atoms with Gasteiger partial charge in [-0.1, -0.05) is 13.8 Å². The van der Waals surface area contributed by atoms with Crippen molar-refractivity contribution in [2.75, 3.05) is 0 Å². The summed E-state index contributed by atoms with van der Waals surface area (Å²) in [6, 6.07) is 0.335. The lowest BCUT2D eigenvalue weighted by molar-refractivity contribution is 0.186. The first-order chi connectivity index (χ1) is 8.61. The summed E-state index contributed by atoms with van der Waals surface area (Å²) in [5.74, 6) is 3.26. The van der Waals surface area contributed by atoms with Gasteiger partial charge in [0.25, 0.3) is 0 Å². The fourth-order valence-electron chi connectivity index (χ4n) is 3.11. The van der Waals surface area contributed by atoms with E-state index in [4.69, 9.17) is 5.73 Å². The van der Waals surface area contributed by atoms with Crippen molar-refractivity contribution in [3.05, 3.63) is 12.2 Å². The van der Waals surface area contributed by atoms with Crippen molar-refractivity contribution in [1.82, 2.24) is 14.8 Å². The van der Waals surface area contributed by atoms with Gasteiger partial charge >= 0.3 is 0 Å². The third-order valence-corrected chi connectivity index (χ3v) is 4.46. The average molecular weight is 250 g/mol. The third kappa shape index (κ3) is 2.91. The molecule has 0 radical (unpaired) electrons. The van der Waals surface area contributed by atoms with E-state index in [1.807, 2.05) is 4.68 Å². The number of hydrogen-bond acceptors (Lipinski definition) is 3. The Labute approximate surface area is 110 Å². The topological polar surface area (TPSA) is 56.7 Å². The molecule has 1 heterocycles. The van der Waals surface area contributed by atoms with Crippen LogP contribution in [-0.2, 0) is 13.0 Å². The number of rotatable bonds is 4. The summed E-state index contributed by atoms with van der Waals surface area (Å²) in [7, 11) is 0. The van der Waals surface area contributed by atoms with Gasteiger partial charge in [-0.15, -0.1) is 0 Å². The van der Waals surface area contributed by atoms with E-state index in [9.17, 15) is 0 Å². The van der Waals surface area contributed by atoms with Gasteiger partial charge in [0, 0.05) is 19.0 Å². The Morgan fingerprint density at radius 1 is 1.44 bits per heavy atom. The van der Waals surface area contributed by atoms with Gasteiger partial charge in [0.05, 0.1) is 0 Å². The molecule has 0 aromatic carbocycles. The molecule has 1 aromatic heterocycles. The van der Waals surface area contributed by atoms with E-state index in [1.165, 1.54) is 12.8 Å². The van der Waals surface area contributed by atoms with Crippen LogP contribution in [0.25, 0.3) is 0 Å². The summed E-state index contributed by atoms with van der Waals surface area (Å²) < 4.78 is 1.99. The molecule has 0 bridgehead atoms. The average Bonchev–Trinajstić information content (AvgIpc) is 2.79. The number of nitrogens with two attached hydrogens (primary N) is 1. The van der Waals surface area contributed by atoms with Crippen LogP contribution < -0.4 is 5.73 Å². The van der Waals surface area contributed by atoms with Crippen molar-refractivity contribution in [3.63, 3.8) is 0 Å². The zero-order chi connectivity index (χ0) is 13.1. The Morgan fingerprint density at radius 2 is 2.22 bits per heavy atom. The zero-order valence-electron chi connectivity index (χ0n) is 11.8. The molecule has 1 aliphatic carbocycles. The van der Waals surface area contributed by atoms with E-state index in [0.717, 1.165) is 37.0 Å². The van der Waals surface area contributed by atoms with Gasteiger partial charge in [-0.05, 0) is 43.9 Å². The van der Waals surface area contributed by atoms with E-state index in [-0.39, 0.29) is 0 Å². The second-order valence-electron chi connectivity index (χ2n) is 5.94. The van der Waals surface area contributed by atoms with Gasteiger partial charge in [0.2, 0.25) is 0 Å². The summed E-state index contributed by atoms with van der Waals surface area (Å²) in [5.41, 5.74) is 6.29. The summed E-state index contributed by atoms with van der Waals surface area (Å²) in [4.78, 5) is 4.38.